The van der Waals surface area contributed by atoms with Crippen molar-refractivity contribution in [3.63, 3.8) is 0 Å². The van der Waals surface area contributed by atoms with Crippen molar-refractivity contribution in [3.05, 3.63) is 15.0 Å². The van der Waals surface area contributed by atoms with Gasteiger partial charge < -0.3 is 5.32 Å². The molecule has 2 rings (SSSR count). The van der Waals surface area contributed by atoms with E-state index in [0.717, 1.165) is 30.0 Å². The van der Waals surface area contributed by atoms with Crippen LogP contribution in [0.15, 0.2) is 9.98 Å². The molecule has 0 aromatic carbocycles. The highest BCUT2D eigenvalue weighted by Crippen LogP contribution is 2.21. The Balaban J connectivity index is 0.00000112. The lowest BCUT2D eigenvalue weighted by molar-refractivity contribution is 0.165. The zero-order chi connectivity index (χ0) is 9.97. The van der Waals surface area contributed by atoms with Crippen LogP contribution in [0.3, 0.4) is 0 Å². The van der Waals surface area contributed by atoms with Crippen molar-refractivity contribution >= 4 is 39.7 Å². The Kier molecular flexibility index (Phi) is 5.49. The van der Waals surface area contributed by atoms with Crippen molar-refractivity contribution in [2.75, 3.05) is 19.6 Å². The summed E-state index contributed by atoms with van der Waals surface area (Å²) in [5.41, 5.74) is 0. The first-order chi connectivity index (χ1) is 6.75. The van der Waals surface area contributed by atoms with Crippen LogP contribution < -0.4 is 5.32 Å². The van der Waals surface area contributed by atoms with Crippen LogP contribution in [0.2, 0.25) is 0 Å². The molecular formula is C9H15BrClN3S. The van der Waals surface area contributed by atoms with Crippen LogP contribution >= 0.6 is 39.7 Å². The minimum atomic E-state index is 0. The van der Waals surface area contributed by atoms with Crippen molar-refractivity contribution in [1.82, 2.24) is 15.2 Å². The van der Waals surface area contributed by atoms with Gasteiger partial charge in [-0.05, 0) is 22.9 Å². The number of piperazine rings is 1. The molecule has 0 bridgehead atoms. The zero-order valence-electron chi connectivity index (χ0n) is 8.57. The normalized spacial score (nSPS) is 22.4. The lowest BCUT2D eigenvalue weighted by Crippen LogP contribution is -2.49. The second kappa shape index (κ2) is 6.15. The summed E-state index contributed by atoms with van der Waals surface area (Å²) in [5.74, 6) is 0. The number of hydrogen-bond donors (Lipinski definition) is 1. The minimum Gasteiger partial charge on any atom is -0.314 e. The van der Waals surface area contributed by atoms with Crippen LogP contribution in [0.4, 0.5) is 0 Å². The highest BCUT2D eigenvalue weighted by atomic mass is 79.9. The Morgan fingerprint density at radius 2 is 2.53 bits per heavy atom. The van der Waals surface area contributed by atoms with E-state index in [0.29, 0.717) is 6.04 Å². The number of nitrogens with one attached hydrogen (secondary N) is 1. The van der Waals surface area contributed by atoms with Gasteiger partial charge in [0.05, 0.1) is 16.5 Å². The third kappa shape index (κ3) is 3.67. The van der Waals surface area contributed by atoms with Gasteiger partial charge in [0.2, 0.25) is 0 Å². The Morgan fingerprint density at radius 3 is 3.13 bits per heavy atom. The number of rotatable bonds is 2. The molecule has 6 heteroatoms. The molecule has 1 aromatic heterocycles. The van der Waals surface area contributed by atoms with Crippen molar-refractivity contribution in [2.45, 2.75) is 19.5 Å². The molecule has 0 aliphatic carbocycles. The van der Waals surface area contributed by atoms with Gasteiger partial charge in [-0.3, -0.25) is 4.90 Å². The molecule has 1 aromatic rings. The van der Waals surface area contributed by atoms with Crippen molar-refractivity contribution < 1.29 is 0 Å². The van der Waals surface area contributed by atoms with Crippen LogP contribution in [-0.4, -0.2) is 35.6 Å². The molecule has 1 aliphatic heterocycles. The van der Waals surface area contributed by atoms with Crippen molar-refractivity contribution in [3.8, 4) is 0 Å². The minimum absolute atomic E-state index is 0. The van der Waals surface area contributed by atoms with Crippen LogP contribution in [0.25, 0.3) is 0 Å². The Bertz CT molecular complexity index is 307. The second-order valence-corrected chi connectivity index (χ2v) is 6.08. The maximum absolute atomic E-state index is 4.35. The summed E-state index contributed by atoms with van der Waals surface area (Å²) in [6.45, 7) is 6.55. The van der Waals surface area contributed by atoms with E-state index < -0.39 is 0 Å². The van der Waals surface area contributed by atoms with E-state index in [2.05, 4.69) is 38.1 Å². The Labute approximate surface area is 109 Å². The Hall–Kier alpha value is 0.320. The number of thiazole rings is 1. The predicted molar refractivity (Wildman–Crippen MR) is 69.8 cm³/mol. The highest BCUT2D eigenvalue weighted by molar-refractivity contribution is 9.11. The molecule has 86 valence electrons. The summed E-state index contributed by atoms with van der Waals surface area (Å²) in [7, 11) is 0. The fraction of sp³-hybridized carbons (Fsp3) is 0.667. The van der Waals surface area contributed by atoms with Gasteiger partial charge in [-0.2, -0.15) is 0 Å². The number of aromatic nitrogens is 1. The van der Waals surface area contributed by atoms with E-state index >= 15 is 0 Å². The number of nitrogens with zero attached hydrogens (tertiary/aromatic N) is 2. The average molecular weight is 313 g/mol. The quantitative estimate of drug-likeness (QED) is 0.907. The van der Waals surface area contributed by atoms with E-state index in [1.165, 1.54) is 5.01 Å². The predicted octanol–water partition coefficient (Wildman–Crippen LogP) is 2.12. The highest BCUT2D eigenvalue weighted by Gasteiger charge is 2.18. The van der Waals surface area contributed by atoms with Crippen LogP contribution in [0, 0.1) is 0 Å². The summed E-state index contributed by atoms with van der Waals surface area (Å²) in [4.78, 5) is 6.83. The van der Waals surface area contributed by atoms with E-state index in [1.807, 2.05) is 6.20 Å². The summed E-state index contributed by atoms with van der Waals surface area (Å²) in [5, 5.41) is 4.59. The van der Waals surface area contributed by atoms with Crippen molar-refractivity contribution in [2.24, 2.45) is 0 Å². The van der Waals surface area contributed by atoms with E-state index in [1.54, 1.807) is 11.3 Å². The molecule has 1 fully saturated rings. The molecule has 3 nitrogen and oxygen atoms in total. The molecule has 0 amide bonds. The molecule has 1 N–H and O–H groups in total. The smallest absolute Gasteiger partial charge is 0.108 e. The van der Waals surface area contributed by atoms with E-state index in [-0.39, 0.29) is 12.4 Å². The molecule has 2 heterocycles. The molecule has 0 saturated carbocycles. The summed E-state index contributed by atoms with van der Waals surface area (Å²) in [6.07, 6.45) is 1.88. The first-order valence-electron chi connectivity index (χ1n) is 4.80. The maximum atomic E-state index is 4.35. The van der Waals surface area contributed by atoms with Gasteiger partial charge in [0.1, 0.15) is 5.01 Å². The molecule has 0 spiro atoms. The van der Waals surface area contributed by atoms with Crippen LogP contribution in [0.1, 0.15) is 11.9 Å². The lowest BCUT2D eigenvalue weighted by atomic mass is 10.2. The monoisotopic (exact) mass is 311 g/mol. The summed E-state index contributed by atoms with van der Waals surface area (Å²) in [6, 6.07) is 0.617. The Morgan fingerprint density at radius 1 is 1.73 bits per heavy atom. The largest absolute Gasteiger partial charge is 0.314 e. The van der Waals surface area contributed by atoms with Crippen molar-refractivity contribution in [1.29, 1.82) is 0 Å². The third-order valence-electron chi connectivity index (χ3n) is 2.50. The first-order valence-corrected chi connectivity index (χ1v) is 6.41. The molecule has 0 radical (unpaired) electrons. The molecule has 1 saturated heterocycles. The fourth-order valence-electron chi connectivity index (χ4n) is 1.65. The molecule has 15 heavy (non-hydrogen) atoms. The summed E-state index contributed by atoms with van der Waals surface area (Å²) < 4.78 is 1.12. The molecule has 1 aliphatic rings. The topological polar surface area (TPSA) is 28.2 Å². The molecular weight excluding hydrogens is 298 g/mol. The van der Waals surface area contributed by atoms with Gasteiger partial charge >= 0.3 is 0 Å². The third-order valence-corrected chi connectivity index (χ3v) is 3.96. The van der Waals surface area contributed by atoms with Gasteiger partial charge in [0.25, 0.3) is 0 Å². The number of halogens is 2. The van der Waals surface area contributed by atoms with Gasteiger partial charge in [-0.15, -0.1) is 23.7 Å². The number of hydrogen-bond acceptors (Lipinski definition) is 4. The zero-order valence-corrected chi connectivity index (χ0v) is 11.8. The van der Waals surface area contributed by atoms with Crippen LogP contribution in [-0.2, 0) is 6.54 Å². The lowest BCUT2D eigenvalue weighted by Gasteiger charge is -2.33. The van der Waals surface area contributed by atoms with Gasteiger partial charge in [-0.25, -0.2) is 4.98 Å². The molecule has 0 unspecified atom stereocenters. The average Bonchev–Trinajstić information content (AvgIpc) is 2.56. The van der Waals surface area contributed by atoms with Crippen LogP contribution in [0.5, 0.6) is 0 Å². The van der Waals surface area contributed by atoms with Gasteiger partial charge in [0, 0.05) is 25.7 Å². The van der Waals surface area contributed by atoms with Gasteiger partial charge in [0.15, 0.2) is 0 Å². The second-order valence-electron chi connectivity index (χ2n) is 3.58. The van der Waals surface area contributed by atoms with Gasteiger partial charge in [-0.1, -0.05) is 0 Å². The first kappa shape index (κ1) is 13.4. The maximum Gasteiger partial charge on any atom is 0.108 e. The standard InChI is InChI=1S/C9H14BrN3S.ClH/c1-7-4-11-2-3-13(7)6-9-12-5-8(10)14-9;/h5,7,11H,2-4,6H2,1H3;1H/t7-;/m1./s1. The summed E-state index contributed by atoms with van der Waals surface area (Å²) >= 11 is 5.16. The molecule has 1 atom stereocenters. The SMILES string of the molecule is C[C@@H]1CNCCN1Cc1ncc(Br)s1.Cl. The fourth-order valence-corrected chi connectivity index (χ4v) is 2.98. The van der Waals surface area contributed by atoms with E-state index in [4.69, 9.17) is 0 Å². The van der Waals surface area contributed by atoms with E-state index in [9.17, 15) is 0 Å².